The topological polar surface area (TPSA) is 46.3 Å². The predicted octanol–water partition coefficient (Wildman–Crippen LogP) is 3.68. The molecule has 1 aliphatic rings. The van der Waals surface area contributed by atoms with Gasteiger partial charge in [0.1, 0.15) is 5.82 Å². The zero-order valence-electron chi connectivity index (χ0n) is 12.7. The van der Waals surface area contributed by atoms with Crippen molar-refractivity contribution in [1.29, 1.82) is 0 Å². The molecule has 0 aromatic heterocycles. The summed E-state index contributed by atoms with van der Waals surface area (Å²) in [4.78, 5) is 14.6. The molecule has 5 heteroatoms. The van der Waals surface area contributed by atoms with Crippen molar-refractivity contribution in [3.63, 3.8) is 0 Å². The molecule has 0 atom stereocenters. The van der Waals surface area contributed by atoms with Crippen LogP contribution in [0.5, 0.6) is 0 Å². The van der Waals surface area contributed by atoms with E-state index in [9.17, 15) is 9.18 Å². The van der Waals surface area contributed by atoms with Gasteiger partial charge in [-0.05, 0) is 55.2 Å². The van der Waals surface area contributed by atoms with Crippen LogP contribution in [0.3, 0.4) is 0 Å². The van der Waals surface area contributed by atoms with Gasteiger partial charge < -0.3 is 10.6 Å². The molecule has 1 aliphatic carbocycles. The van der Waals surface area contributed by atoms with E-state index < -0.39 is 0 Å². The molecule has 122 valence electrons. The standard InChI is InChI=1S/C18H19FN2O.ClH/c19-15-5-1-3-13(11-15)9-10-21(17-7-8-17)18(22)14-4-2-6-16(20)12-14;/h1-6,11-12,17H,7-10,20H2;1H. The Morgan fingerprint density at radius 2 is 1.91 bits per heavy atom. The van der Waals surface area contributed by atoms with Gasteiger partial charge in [-0.1, -0.05) is 18.2 Å². The highest BCUT2D eigenvalue weighted by molar-refractivity contribution is 5.95. The molecule has 3 rings (SSSR count). The van der Waals surface area contributed by atoms with Crippen LogP contribution in [0.2, 0.25) is 0 Å². The summed E-state index contributed by atoms with van der Waals surface area (Å²) in [6.45, 7) is 0.599. The van der Waals surface area contributed by atoms with Crippen LogP contribution in [0.25, 0.3) is 0 Å². The molecule has 2 aromatic carbocycles. The van der Waals surface area contributed by atoms with Gasteiger partial charge in [0.25, 0.3) is 5.91 Å². The number of amides is 1. The van der Waals surface area contributed by atoms with Crippen molar-refractivity contribution < 1.29 is 9.18 Å². The molecule has 2 N–H and O–H groups in total. The van der Waals surface area contributed by atoms with E-state index in [2.05, 4.69) is 0 Å². The van der Waals surface area contributed by atoms with Crippen molar-refractivity contribution in [3.05, 3.63) is 65.5 Å². The third-order valence-electron chi connectivity index (χ3n) is 3.91. The van der Waals surface area contributed by atoms with E-state index in [4.69, 9.17) is 5.73 Å². The highest BCUT2D eigenvalue weighted by atomic mass is 35.5. The number of halogens is 2. The molecule has 0 saturated heterocycles. The van der Waals surface area contributed by atoms with Crippen LogP contribution >= 0.6 is 12.4 Å². The fourth-order valence-electron chi connectivity index (χ4n) is 2.62. The maximum atomic E-state index is 13.2. The molecule has 0 heterocycles. The second kappa shape index (κ2) is 7.47. The Bertz CT molecular complexity index is 688. The number of hydrogen-bond acceptors (Lipinski definition) is 2. The molecule has 1 amide bonds. The second-order valence-electron chi connectivity index (χ2n) is 5.74. The number of nitrogen functional groups attached to an aromatic ring is 1. The fraction of sp³-hybridized carbons (Fsp3) is 0.278. The van der Waals surface area contributed by atoms with E-state index in [1.807, 2.05) is 11.0 Å². The van der Waals surface area contributed by atoms with Gasteiger partial charge in [0.05, 0.1) is 0 Å². The molecular weight excluding hydrogens is 315 g/mol. The number of nitrogens with two attached hydrogens (primary N) is 1. The van der Waals surface area contributed by atoms with Gasteiger partial charge in [0.2, 0.25) is 0 Å². The molecule has 23 heavy (non-hydrogen) atoms. The molecule has 0 radical (unpaired) electrons. The molecule has 1 fully saturated rings. The zero-order valence-corrected chi connectivity index (χ0v) is 13.6. The van der Waals surface area contributed by atoms with Gasteiger partial charge in [0, 0.05) is 23.8 Å². The predicted molar refractivity (Wildman–Crippen MR) is 92.3 cm³/mol. The quantitative estimate of drug-likeness (QED) is 0.848. The van der Waals surface area contributed by atoms with Crippen LogP contribution in [-0.4, -0.2) is 23.4 Å². The van der Waals surface area contributed by atoms with Gasteiger partial charge in [0.15, 0.2) is 0 Å². The van der Waals surface area contributed by atoms with Gasteiger partial charge in [-0.2, -0.15) is 0 Å². The average molecular weight is 335 g/mol. The summed E-state index contributed by atoms with van der Waals surface area (Å²) >= 11 is 0. The van der Waals surface area contributed by atoms with Crippen molar-refractivity contribution in [3.8, 4) is 0 Å². The highest BCUT2D eigenvalue weighted by Gasteiger charge is 2.32. The van der Waals surface area contributed by atoms with Gasteiger partial charge >= 0.3 is 0 Å². The van der Waals surface area contributed by atoms with Crippen LogP contribution in [-0.2, 0) is 6.42 Å². The monoisotopic (exact) mass is 334 g/mol. The van der Waals surface area contributed by atoms with Crippen molar-refractivity contribution in [2.45, 2.75) is 25.3 Å². The minimum Gasteiger partial charge on any atom is -0.399 e. The molecule has 2 aromatic rings. The molecular formula is C18H20ClFN2O. The minimum absolute atomic E-state index is 0. The number of rotatable bonds is 5. The van der Waals surface area contributed by atoms with Gasteiger partial charge in [-0.25, -0.2) is 4.39 Å². The molecule has 0 bridgehead atoms. The first-order valence-corrected chi connectivity index (χ1v) is 7.54. The Morgan fingerprint density at radius 3 is 2.57 bits per heavy atom. The third-order valence-corrected chi connectivity index (χ3v) is 3.91. The largest absolute Gasteiger partial charge is 0.399 e. The first kappa shape index (κ1) is 17.3. The van der Waals surface area contributed by atoms with Gasteiger partial charge in [-0.3, -0.25) is 4.79 Å². The van der Waals surface area contributed by atoms with E-state index in [0.717, 1.165) is 18.4 Å². The van der Waals surface area contributed by atoms with Crippen molar-refractivity contribution in [1.82, 2.24) is 4.90 Å². The molecule has 3 nitrogen and oxygen atoms in total. The molecule has 0 aliphatic heterocycles. The summed E-state index contributed by atoms with van der Waals surface area (Å²) in [5.74, 6) is -0.233. The first-order valence-electron chi connectivity index (χ1n) is 7.54. The highest BCUT2D eigenvalue weighted by Crippen LogP contribution is 2.28. The van der Waals surface area contributed by atoms with E-state index in [1.54, 1.807) is 30.3 Å². The lowest BCUT2D eigenvalue weighted by atomic mass is 10.1. The minimum atomic E-state index is -0.238. The SMILES string of the molecule is Cl.Nc1cccc(C(=O)N(CCc2cccc(F)c2)C2CC2)c1. The number of nitrogens with zero attached hydrogens (tertiary/aromatic N) is 1. The second-order valence-corrected chi connectivity index (χ2v) is 5.74. The summed E-state index contributed by atoms with van der Waals surface area (Å²) in [5.41, 5.74) is 7.87. The van der Waals surface area contributed by atoms with Crippen LogP contribution in [0, 0.1) is 5.82 Å². The first-order chi connectivity index (χ1) is 10.6. The average Bonchev–Trinajstić information content (AvgIpc) is 3.32. The van der Waals surface area contributed by atoms with Crippen LogP contribution in [0.4, 0.5) is 10.1 Å². The van der Waals surface area contributed by atoms with E-state index in [1.165, 1.54) is 12.1 Å². The molecule has 1 saturated carbocycles. The van der Waals surface area contributed by atoms with E-state index in [0.29, 0.717) is 30.3 Å². The Kier molecular flexibility index (Phi) is 5.61. The van der Waals surface area contributed by atoms with E-state index in [-0.39, 0.29) is 24.1 Å². The summed E-state index contributed by atoms with van der Waals surface area (Å²) < 4.78 is 13.2. The number of benzene rings is 2. The summed E-state index contributed by atoms with van der Waals surface area (Å²) in [6.07, 6.45) is 2.73. The van der Waals surface area contributed by atoms with Crippen LogP contribution in [0.15, 0.2) is 48.5 Å². The number of carbonyl (C=O) groups excluding carboxylic acids is 1. The number of anilines is 1. The Labute approximate surface area is 141 Å². The van der Waals surface area contributed by atoms with Gasteiger partial charge in [-0.15, -0.1) is 12.4 Å². The molecule has 0 spiro atoms. The lowest BCUT2D eigenvalue weighted by Crippen LogP contribution is -2.35. The third kappa shape index (κ3) is 4.45. The van der Waals surface area contributed by atoms with Crippen LogP contribution in [0.1, 0.15) is 28.8 Å². The normalized spacial score (nSPS) is 13.3. The van der Waals surface area contributed by atoms with Crippen LogP contribution < -0.4 is 5.73 Å². The van der Waals surface area contributed by atoms with Crippen molar-refractivity contribution in [2.75, 3.05) is 12.3 Å². The summed E-state index contributed by atoms with van der Waals surface area (Å²) in [6, 6.07) is 13.9. The zero-order chi connectivity index (χ0) is 15.5. The Balaban J connectivity index is 0.00000192. The maximum Gasteiger partial charge on any atom is 0.254 e. The maximum absolute atomic E-state index is 13.2. The smallest absolute Gasteiger partial charge is 0.254 e. The lowest BCUT2D eigenvalue weighted by molar-refractivity contribution is 0.0745. The lowest BCUT2D eigenvalue weighted by Gasteiger charge is -2.22. The van der Waals surface area contributed by atoms with Crippen molar-refractivity contribution >= 4 is 24.0 Å². The fourth-order valence-corrected chi connectivity index (χ4v) is 2.62. The Morgan fingerprint density at radius 1 is 1.17 bits per heavy atom. The number of hydrogen-bond donors (Lipinski definition) is 1. The summed E-state index contributed by atoms with van der Waals surface area (Å²) in [7, 11) is 0. The number of carbonyl (C=O) groups is 1. The van der Waals surface area contributed by atoms with E-state index >= 15 is 0 Å². The Hall–Kier alpha value is -2.07. The van der Waals surface area contributed by atoms with Crippen molar-refractivity contribution in [2.24, 2.45) is 0 Å². The molecule has 0 unspecified atom stereocenters. The summed E-state index contributed by atoms with van der Waals surface area (Å²) in [5, 5.41) is 0.